The minimum Gasteiger partial charge on any atom is -0.305 e. The summed E-state index contributed by atoms with van der Waals surface area (Å²) in [5.74, 6) is 0. The quantitative estimate of drug-likeness (QED) is 0.539. The molecule has 0 heterocycles. The molecule has 0 N–H and O–H groups in total. The molecule has 3 aromatic carbocycles. The molecule has 0 aliphatic carbocycles. The molecular weight excluding hydrogens is 351 g/mol. The predicted molar refractivity (Wildman–Crippen MR) is 114 cm³/mol. The molecule has 0 saturated heterocycles. The van der Waals surface area contributed by atoms with Crippen molar-refractivity contribution in [3.63, 3.8) is 0 Å². The van der Waals surface area contributed by atoms with Crippen LogP contribution in [0.2, 0.25) is 0 Å². The lowest BCUT2D eigenvalue weighted by Crippen LogP contribution is -2.23. The first-order valence-electron chi connectivity index (χ1n) is 9.34. The Morgan fingerprint density at radius 2 is 1.26 bits per heavy atom. The fourth-order valence-corrected chi connectivity index (χ4v) is 6.26. The number of hydrogen-bond acceptors (Lipinski definition) is 2. The van der Waals surface area contributed by atoms with Gasteiger partial charge in [0.05, 0.1) is 0 Å². The molecule has 2 nitrogen and oxygen atoms in total. The van der Waals surface area contributed by atoms with Crippen LogP contribution in [-0.4, -0.2) is 5.52 Å². The van der Waals surface area contributed by atoms with Gasteiger partial charge in [0.2, 0.25) is 12.7 Å². The van der Waals surface area contributed by atoms with Crippen LogP contribution in [0.5, 0.6) is 0 Å². The highest BCUT2D eigenvalue weighted by Gasteiger charge is 2.37. The zero-order chi connectivity index (χ0) is 19.4. The first-order chi connectivity index (χ1) is 13.0. The number of rotatable bonds is 6. The van der Waals surface area contributed by atoms with E-state index in [1.807, 2.05) is 50.2 Å². The smallest absolute Gasteiger partial charge is 0.230 e. The zero-order valence-electron chi connectivity index (χ0n) is 16.1. The van der Waals surface area contributed by atoms with E-state index in [9.17, 15) is 9.36 Å². The Morgan fingerprint density at radius 1 is 0.815 bits per heavy atom. The maximum Gasteiger partial charge on any atom is 0.230 e. The molecule has 0 spiro atoms. The zero-order valence-corrected chi connectivity index (χ0v) is 17.0. The number of aryl methyl sites for hydroxylation is 3. The van der Waals surface area contributed by atoms with Crippen LogP contribution in [0.15, 0.2) is 72.8 Å². The summed E-state index contributed by atoms with van der Waals surface area (Å²) in [5, 5.41) is 1.16. The van der Waals surface area contributed by atoms with Crippen LogP contribution in [0.25, 0.3) is 0 Å². The summed E-state index contributed by atoms with van der Waals surface area (Å²) in [6, 6.07) is 22.4. The van der Waals surface area contributed by atoms with Gasteiger partial charge < -0.3 is 4.57 Å². The molecule has 0 aliphatic rings. The summed E-state index contributed by atoms with van der Waals surface area (Å²) in [7, 11) is -3.46. The molecule has 3 rings (SSSR count). The maximum atomic E-state index is 14.3. The van der Waals surface area contributed by atoms with Gasteiger partial charge in [0, 0.05) is 16.2 Å². The van der Waals surface area contributed by atoms with Gasteiger partial charge in [-0.2, -0.15) is 0 Å². The maximum absolute atomic E-state index is 14.3. The molecule has 27 heavy (non-hydrogen) atoms. The van der Waals surface area contributed by atoms with Crippen LogP contribution in [0.3, 0.4) is 0 Å². The van der Waals surface area contributed by atoms with Gasteiger partial charge in [-0.3, -0.25) is 4.79 Å². The topological polar surface area (TPSA) is 34.1 Å². The Hall–Kier alpha value is -2.44. The first-order valence-corrected chi connectivity index (χ1v) is 11.1. The van der Waals surface area contributed by atoms with E-state index >= 15 is 0 Å². The summed E-state index contributed by atoms with van der Waals surface area (Å²) in [6.45, 7) is 6.03. The van der Waals surface area contributed by atoms with Gasteiger partial charge in [0.1, 0.15) is 0 Å². The van der Waals surface area contributed by atoms with Crippen molar-refractivity contribution in [2.24, 2.45) is 0 Å². The SMILES string of the molecule is CCCc1cc(C)c(C(=O)P(=O)(c2ccccc2)c2ccccc2)c(C)c1. The molecule has 3 heteroatoms. The van der Waals surface area contributed by atoms with Crippen molar-refractivity contribution < 1.29 is 9.36 Å². The van der Waals surface area contributed by atoms with Crippen LogP contribution in [0, 0.1) is 13.8 Å². The van der Waals surface area contributed by atoms with Crippen molar-refractivity contribution in [2.45, 2.75) is 33.6 Å². The molecule has 0 bridgehead atoms. The first kappa shape index (κ1) is 19.3. The molecule has 0 aromatic heterocycles. The second kappa shape index (κ2) is 8.06. The highest BCUT2D eigenvalue weighted by Crippen LogP contribution is 2.47. The van der Waals surface area contributed by atoms with Gasteiger partial charge in [-0.05, 0) is 37.0 Å². The molecule has 0 radical (unpaired) electrons. The van der Waals surface area contributed by atoms with E-state index in [4.69, 9.17) is 0 Å². The van der Waals surface area contributed by atoms with Gasteiger partial charge in [0.25, 0.3) is 0 Å². The number of carbonyl (C=O) groups excluding carboxylic acids is 1. The second-order valence-electron chi connectivity index (χ2n) is 6.94. The van der Waals surface area contributed by atoms with Crippen LogP contribution in [-0.2, 0) is 11.0 Å². The average Bonchev–Trinajstić information content (AvgIpc) is 2.68. The third kappa shape index (κ3) is 3.68. The Kier molecular flexibility index (Phi) is 5.77. The highest BCUT2D eigenvalue weighted by molar-refractivity contribution is 7.93. The van der Waals surface area contributed by atoms with Crippen molar-refractivity contribution in [2.75, 3.05) is 0 Å². The molecular formula is C24H25O2P. The van der Waals surface area contributed by atoms with E-state index in [-0.39, 0.29) is 5.52 Å². The second-order valence-corrected chi connectivity index (χ2v) is 9.60. The van der Waals surface area contributed by atoms with Gasteiger partial charge in [0.15, 0.2) is 0 Å². The standard InChI is InChI=1S/C24H25O2P/c1-4-11-20-16-18(2)23(19(3)17-20)24(25)27(26,21-12-7-5-8-13-21)22-14-9-6-10-15-22/h5-10,12-17H,4,11H2,1-3H3. The third-order valence-electron chi connectivity index (χ3n) is 4.87. The Labute approximate surface area is 161 Å². The summed E-state index contributed by atoms with van der Waals surface area (Å²) in [5.41, 5.74) is 3.33. The lowest BCUT2D eigenvalue weighted by Gasteiger charge is -2.21. The van der Waals surface area contributed by atoms with Crippen molar-refractivity contribution in [1.29, 1.82) is 0 Å². The molecule has 0 aliphatic heterocycles. The molecule has 0 fully saturated rings. The summed E-state index contributed by atoms with van der Waals surface area (Å²) >= 11 is 0. The van der Waals surface area contributed by atoms with E-state index in [2.05, 4.69) is 19.1 Å². The number of benzene rings is 3. The number of carbonyl (C=O) groups is 1. The Balaban J connectivity index is 2.21. The summed E-state index contributed by atoms with van der Waals surface area (Å²) in [6.07, 6.45) is 2.03. The van der Waals surface area contributed by atoms with Gasteiger partial charge in [-0.25, -0.2) is 0 Å². The van der Waals surface area contributed by atoms with Crippen molar-refractivity contribution in [1.82, 2.24) is 0 Å². The van der Waals surface area contributed by atoms with Crippen molar-refractivity contribution in [3.05, 3.63) is 95.1 Å². The fourth-order valence-electron chi connectivity index (χ4n) is 3.64. The predicted octanol–water partition coefficient (Wildman–Crippen LogP) is 5.41. The normalized spacial score (nSPS) is 11.4. The van der Waals surface area contributed by atoms with Gasteiger partial charge in [-0.1, -0.05) is 86.1 Å². The number of hydrogen-bond donors (Lipinski definition) is 0. The van der Waals surface area contributed by atoms with E-state index in [0.29, 0.717) is 16.2 Å². The van der Waals surface area contributed by atoms with Crippen LogP contribution >= 0.6 is 7.14 Å². The highest BCUT2D eigenvalue weighted by atomic mass is 31.2. The molecule has 138 valence electrons. The summed E-state index contributed by atoms with van der Waals surface area (Å²) in [4.78, 5) is 13.7. The largest absolute Gasteiger partial charge is 0.305 e. The third-order valence-corrected chi connectivity index (χ3v) is 7.72. The van der Waals surface area contributed by atoms with Crippen LogP contribution in [0.4, 0.5) is 0 Å². The molecule has 0 atom stereocenters. The molecule has 0 saturated carbocycles. The van der Waals surface area contributed by atoms with Crippen LogP contribution < -0.4 is 10.6 Å². The molecule has 0 unspecified atom stereocenters. The molecule has 3 aromatic rings. The summed E-state index contributed by atoms with van der Waals surface area (Å²) < 4.78 is 14.3. The van der Waals surface area contributed by atoms with Gasteiger partial charge in [-0.15, -0.1) is 0 Å². The Morgan fingerprint density at radius 3 is 1.67 bits per heavy atom. The van der Waals surface area contributed by atoms with E-state index in [1.54, 1.807) is 24.3 Å². The minimum absolute atomic E-state index is 0.280. The molecule has 0 amide bonds. The minimum atomic E-state index is -3.46. The van der Waals surface area contributed by atoms with Crippen molar-refractivity contribution >= 4 is 23.3 Å². The van der Waals surface area contributed by atoms with Crippen LogP contribution in [0.1, 0.15) is 40.4 Å². The van der Waals surface area contributed by atoms with Gasteiger partial charge >= 0.3 is 0 Å². The monoisotopic (exact) mass is 376 g/mol. The lowest BCUT2D eigenvalue weighted by molar-refractivity contribution is 0.107. The Bertz CT molecular complexity index is 925. The fraction of sp³-hybridized carbons (Fsp3) is 0.208. The lowest BCUT2D eigenvalue weighted by atomic mass is 9.98. The van der Waals surface area contributed by atoms with E-state index in [1.165, 1.54) is 5.56 Å². The van der Waals surface area contributed by atoms with Crippen molar-refractivity contribution in [3.8, 4) is 0 Å². The van der Waals surface area contributed by atoms with E-state index in [0.717, 1.165) is 24.0 Å². The van der Waals surface area contributed by atoms with E-state index < -0.39 is 7.14 Å². The average molecular weight is 376 g/mol.